The quantitative estimate of drug-likeness (QED) is 0.818. The van der Waals surface area contributed by atoms with Gasteiger partial charge in [0.1, 0.15) is 0 Å². The first-order valence-corrected chi connectivity index (χ1v) is 5.52. The third-order valence-electron chi connectivity index (χ3n) is 2.67. The predicted molar refractivity (Wildman–Crippen MR) is 57.0 cm³/mol. The van der Waals surface area contributed by atoms with Gasteiger partial charge in [-0.2, -0.15) is 0 Å². The summed E-state index contributed by atoms with van der Waals surface area (Å²) in [6.45, 7) is 2.22. The SMILES string of the molecule is OCc1ccc(OCC2CCOCC2)nn1. The van der Waals surface area contributed by atoms with E-state index in [1.807, 2.05) is 0 Å². The van der Waals surface area contributed by atoms with E-state index < -0.39 is 0 Å². The number of hydrogen-bond donors (Lipinski definition) is 1. The fraction of sp³-hybridized carbons (Fsp3) is 0.636. The summed E-state index contributed by atoms with van der Waals surface area (Å²) in [5, 5.41) is 16.5. The van der Waals surface area contributed by atoms with Gasteiger partial charge in [0.05, 0.1) is 18.9 Å². The highest BCUT2D eigenvalue weighted by Crippen LogP contribution is 2.16. The van der Waals surface area contributed by atoms with E-state index in [9.17, 15) is 0 Å². The van der Waals surface area contributed by atoms with Crippen LogP contribution < -0.4 is 4.74 Å². The van der Waals surface area contributed by atoms with Crippen LogP contribution in [-0.4, -0.2) is 35.1 Å². The van der Waals surface area contributed by atoms with Crippen LogP contribution in [0.15, 0.2) is 12.1 Å². The topological polar surface area (TPSA) is 64.5 Å². The maximum absolute atomic E-state index is 8.81. The fourth-order valence-corrected chi connectivity index (χ4v) is 1.63. The van der Waals surface area contributed by atoms with E-state index in [4.69, 9.17) is 14.6 Å². The van der Waals surface area contributed by atoms with Crippen LogP contribution in [0.5, 0.6) is 5.88 Å². The first kappa shape index (κ1) is 11.3. The largest absolute Gasteiger partial charge is 0.476 e. The number of nitrogens with zero attached hydrogens (tertiary/aromatic N) is 2. The van der Waals surface area contributed by atoms with Gasteiger partial charge in [-0.15, -0.1) is 10.2 Å². The zero-order chi connectivity index (χ0) is 11.2. The molecule has 1 fully saturated rings. The predicted octanol–water partition coefficient (Wildman–Crippen LogP) is 0.774. The summed E-state index contributed by atoms with van der Waals surface area (Å²) in [4.78, 5) is 0. The fourth-order valence-electron chi connectivity index (χ4n) is 1.63. The van der Waals surface area contributed by atoms with Crippen molar-refractivity contribution in [2.45, 2.75) is 19.4 Å². The zero-order valence-electron chi connectivity index (χ0n) is 9.13. The number of rotatable bonds is 4. The second-order valence-corrected chi connectivity index (χ2v) is 3.89. The maximum Gasteiger partial charge on any atom is 0.233 e. The van der Waals surface area contributed by atoms with Crippen LogP contribution in [0.4, 0.5) is 0 Å². The van der Waals surface area contributed by atoms with Crippen LogP contribution >= 0.6 is 0 Å². The van der Waals surface area contributed by atoms with Crippen LogP contribution in [0.25, 0.3) is 0 Å². The highest BCUT2D eigenvalue weighted by Gasteiger charge is 2.14. The third kappa shape index (κ3) is 3.15. The van der Waals surface area contributed by atoms with Crippen LogP contribution in [0.3, 0.4) is 0 Å². The molecule has 5 heteroatoms. The average molecular weight is 224 g/mol. The van der Waals surface area contributed by atoms with Gasteiger partial charge in [0.25, 0.3) is 0 Å². The van der Waals surface area contributed by atoms with Crippen LogP contribution in [0, 0.1) is 5.92 Å². The van der Waals surface area contributed by atoms with Crippen molar-refractivity contribution in [2.24, 2.45) is 5.92 Å². The Hall–Kier alpha value is -1.20. The van der Waals surface area contributed by atoms with Crippen molar-refractivity contribution >= 4 is 0 Å². The molecule has 88 valence electrons. The summed E-state index contributed by atoms with van der Waals surface area (Å²) in [5.74, 6) is 1.07. The van der Waals surface area contributed by atoms with Crippen molar-refractivity contribution < 1.29 is 14.6 Å². The molecule has 1 saturated heterocycles. The Morgan fingerprint density at radius 2 is 2.12 bits per heavy atom. The van der Waals surface area contributed by atoms with Crippen molar-refractivity contribution in [1.29, 1.82) is 0 Å². The van der Waals surface area contributed by atoms with E-state index in [-0.39, 0.29) is 6.61 Å². The van der Waals surface area contributed by atoms with Crippen molar-refractivity contribution in [2.75, 3.05) is 19.8 Å². The molecular formula is C11H16N2O3. The molecule has 16 heavy (non-hydrogen) atoms. The Bertz CT molecular complexity index is 310. The standard InChI is InChI=1S/C11H16N2O3/c14-7-10-1-2-11(13-12-10)16-8-9-3-5-15-6-4-9/h1-2,9,14H,3-8H2. The highest BCUT2D eigenvalue weighted by molar-refractivity contribution is 5.10. The molecule has 0 aromatic carbocycles. The van der Waals surface area contributed by atoms with Crippen molar-refractivity contribution in [3.8, 4) is 5.88 Å². The highest BCUT2D eigenvalue weighted by atomic mass is 16.5. The minimum Gasteiger partial charge on any atom is -0.476 e. The molecule has 1 aliphatic rings. The molecule has 2 heterocycles. The van der Waals surface area contributed by atoms with Crippen molar-refractivity contribution in [1.82, 2.24) is 10.2 Å². The van der Waals surface area contributed by atoms with Crippen molar-refractivity contribution in [3.63, 3.8) is 0 Å². The smallest absolute Gasteiger partial charge is 0.233 e. The second-order valence-electron chi connectivity index (χ2n) is 3.89. The molecule has 1 aliphatic heterocycles. The molecule has 2 rings (SSSR count). The first-order chi connectivity index (χ1) is 7.88. The molecule has 0 unspecified atom stereocenters. The summed E-state index contributed by atoms with van der Waals surface area (Å²) in [6.07, 6.45) is 2.09. The lowest BCUT2D eigenvalue weighted by Gasteiger charge is -2.21. The Morgan fingerprint density at radius 3 is 2.75 bits per heavy atom. The third-order valence-corrected chi connectivity index (χ3v) is 2.67. The molecule has 0 spiro atoms. The van der Waals surface area contributed by atoms with Gasteiger partial charge in [-0.05, 0) is 24.8 Å². The molecule has 0 radical (unpaired) electrons. The van der Waals surface area contributed by atoms with Crippen LogP contribution in [0.1, 0.15) is 18.5 Å². The molecule has 1 N–H and O–H groups in total. The number of aliphatic hydroxyl groups is 1. The minimum atomic E-state index is -0.0900. The first-order valence-electron chi connectivity index (χ1n) is 5.52. The summed E-state index contributed by atoms with van der Waals surface area (Å²) >= 11 is 0. The van der Waals surface area contributed by atoms with Gasteiger partial charge in [-0.1, -0.05) is 0 Å². The Morgan fingerprint density at radius 1 is 1.31 bits per heavy atom. The molecule has 0 bridgehead atoms. The minimum absolute atomic E-state index is 0.0900. The second kappa shape index (κ2) is 5.77. The molecule has 1 aromatic heterocycles. The molecule has 1 aromatic rings. The van der Waals surface area contributed by atoms with Gasteiger partial charge in [0.2, 0.25) is 5.88 Å². The van der Waals surface area contributed by atoms with E-state index in [0.29, 0.717) is 24.1 Å². The van der Waals surface area contributed by atoms with Gasteiger partial charge < -0.3 is 14.6 Å². The average Bonchev–Trinajstić information content (AvgIpc) is 2.38. The van der Waals surface area contributed by atoms with E-state index in [0.717, 1.165) is 26.1 Å². The Kier molecular flexibility index (Phi) is 4.07. The summed E-state index contributed by atoms with van der Waals surface area (Å²) in [5.41, 5.74) is 0.554. The molecule has 5 nitrogen and oxygen atoms in total. The molecular weight excluding hydrogens is 208 g/mol. The van der Waals surface area contributed by atoms with Gasteiger partial charge in [-0.3, -0.25) is 0 Å². The van der Waals surface area contributed by atoms with Crippen LogP contribution in [0.2, 0.25) is 0 Å². The Balaban J connectivity index is 1.79. The molecule has 0 aliphatic carbocycles. The van der Waals surface area contributed by atoms with Gasteiger partial charge >= 0.3 is 0 Å². The van der Waals surface area contributed by atoms with E-state index >= 15 is 0 Å². The zero-order valence-corrected chi connectivity index (χ0v) is 9.13. The lowest BCUT2D eigenvalue weighted by atomic mass is 10.0. The van der Waals surface area contributed by atoms with E-state index in [1.54, 1.807) is 12.1 Å². The van der Waals surface area contributed by atoms with E-state index in [1.165, 1.54) is 0 Å². The number of aliphatic hydroxyl groups excluding tert-OH is 1. The number of aromatic nitrogens is 2. The van der Waals surface area contributed by atoms with Gasteiger partial charge in [0, 0.05) is 19.3 Å². The lowest BCUT2D eigenvalue weighted by molar-refractivity contribution is 0.0488. The number of hydrogen-bond acceptors (Lipinski definition) is 5. The lowest BCUT2D eigenvalue weighted by Crippen LogP contribution is -2.21. The maximum atomic E-state index is 8.81. The van der Waals surface area contributed by atoms with E-state index in [2.05, 4.69) is 10.2 Å². The van der Waals surface area contributed by atoms with Crippen molar-refractivity contribution in [3.05, 3.63) is 17.8 Å². The molecule has 0 saturated carbocycles. The molecule has 0 atom stereocenters. The molecule has 0 amide bonds. The summed E-state index contributed by atoms with van der Waals surface area (Å²) in [7, 11) is 0. The summed E-state index contributed by atoms with van der Waals surface area (Å²) in [6, 6.07) is 3.45. The van der Waals surface area contributed by atoms with Gasteiger partial charge in [0.15, 0.2) is 0 Å². The Labute approximate surface area is 94.4 Å². The number of ether oxygens (including phenoxy) is 2. The normalized spacial score (nSPS) is 17.3. The van der Waals surface area contributed by atoms with Gasteiger partial charge in [-0.25, -0.2) is 0 Å². The monoisotopic (exact) mass is 224 g/mol. The van der Waals surface area contributed by atoms with Crippen LogP contribution in [-0.2, 0) is 11.3 Å². The summed E-state index contributed by atoms with van der Waals surface area (Å²) < 4.78 is 10.8.